The molecule has 28 heavy (non-hydrogen) atoms. The van der Waals surface area contributed by atoms with Crippen LogP contribution in [0.5, 0.6) is 0 Å². The van der Waals surface area contributed by atoms with E-state index in [0.29, 0.717) is 0 Å². The molecule has 1 unspecified atom stereocenters. The van der Waals surface area contributed by atoms with Crippen LogP contribution in [0.2, 0.25) is 0 Å². The maximum absolute atomic E-state index is 14.1. The van der Waals surface area contributed by atoms with E-state index in [1.807, 2.05) is 0 Å². The predicted octanol–water partition coefficient (Wildman–Crippen LogP) is 6.65. The van der Waals surface area contributed by atoms with E-state index >= 15 is 0 Å². The Kier molecular flexibility index (Phi) is 6.68. The van der Waals surface area contributed by atoms with Crippen LogP contribution in [-0.4, -0.2) is 37.0 Å². The van der Waals surface area contributed by atoms with E-state index in [1.54, 1.807) is 22.6 Å². The molecule has 0 amide bonds. The van der Waals surface area contributed by atoms with Gasteiger partial charge in [-0.05, 0) is 41.1 Å². The maximum atomic E-state index is 14.1. The molecule has 0 saturated heterocycles. The van der Waals surface area contributed by atoms with Crippen molar-refractivity contribution in [2.45, 2.75) is 48.8 Å². The van der Waals surface area contributed by atoms with Gasteiger partial charge in [0, 0.05) is 10.7 Å². The molecule has 0 bridgehead atoms. The van der Waals surface area contributed by atoms with E-state index < -0.39 is 41.9 Å². The average Bonchev–Trinajstić information content (AvgIpc) is 2.53. The summed E-state index contributed by atoms with van der Waals surface area (Å²) in [7, 11) is 0.764. The molecule has 13 heteroatoms. The molecule has 1 aromatic rings. The molecular weight excluding hydrogens is 532 g/mol. The molecule has 0 fully saturated rings. The lowest BCUT2D eigenvalue weighted by Gasteiger charge is -2.40. The van der Waals surface area contributed by atoms with Gasteiger partial charge in [0.25, 0.3) is 0 Å². The second-order valence-electron chi connectivity index (χ2n) is 6.02. The minimum absolute atomic E-state index is 0.177. The van der Waals surface area contributed by atoms with Crippen LogP contribution in [0.3, 0.4) is 0 Å². The average molecular weight is 544 g/mol. The van der Waals surface area contributed by atoms with Gasteiger partial charge in [0.15, 0.2) is 0 Å². The molecule has 1 nitrogen and oxygen atoms in total. The molecule has 1 rings (SSSR count). The molecule has 0 aliphatic heterocycles. The van der Waals surface area contributed by atoms with Crippen LogP contribution in [0.1, 0.15) is 18.9 Å². The molecule has 1 atom stereocenters. The molecule has 0 radical (unpaired) electrons. The molecule has 0 aromatic heterocycles. The number of ether oxygens (including phenoxy) is 1. The Balaban J connectivity index is 3.45. The van der Waals surface area contributed by atoms with Gasteiger partial charge in [-0.2, -0.15) is 48.3 Å². The van der Waals surface area contributed by atoms with Crippen molar-refractivity contribution < 1.29 is 53.0 Å². The topological polar surface area (TPSA) is 9.23 Å². The number of hydrogen-bond donors (Lipinski definition) is 0. The smallest absolute Gasteiger partial charge is 0.374 e. The van der Waals surface area contributed by atoms with Gasteiger partial charge in [0.2, 0.25) is 0 Å². The minimum atomic E-state index is -7.43. The van der Waals surface area contributed by atoms with Crippen molar-refractivity contribution in [1.82, 2.24) is 0 Å². The van der Waals surface area contributed by atoms with E-state index in [9.17, 15) is 48.3 Å². The Hall–Kier alpha value is -0.860. The zero-order valence-corrected chi connectivity index (χ0v) is 16.1. The van der Waals surface area contributed by atoms with Gasteiger partial charge in [-0.15, -0.1) is 0 Å². The standard InChI is InChI=1S/C15H12F11IO/c1-10(28-2,8-5-3-4-6-9(8)27)7-11(16,17)12(18,19)13(20,21)14(22,23)15(24,25)26/h3-6H,7H2,1-2H3. The summed E-state index contributed by atoms with van der Waals surface area (Å²) in [5.74, 6) is -27.9. The summed E-state index contributed by atoms with van der Waals surface area (Å²) in [5.41, 5.74) is -2.59. The highest BCUT2D eigenvalue weighted by Crippen LogP contribution is 2.59. The zero-order chi connectivity index (χ0) is 22.4. The highest BCUT2D eigenvalue weighted by atomic mass is 127. The SMILES string of the molecule is COC(C)(CC(F)(F)C(F)(F)C(F)(F)C(F)(F)C(F)(F)F)c1ccccc1I. The first-order valence-electron chi connectivity index (χ1n) is 7.16. The Morgan fingerprint density at radius 3 is 1.64 bits per heavy atom. The number of alkyl halides is 11. The van der Waals surface area contributed by atoms with E-state index in [-0.39, 0.29) is 9.13 Å². The van der Waals surface area contributed by atoms with Gasteiger partial charge in [0.05, 0.1) is 12.0 Å². The van der Waals surface area contributed by atoms with Crippen LogP contribution in [-0.2, 0) is 10.3 Å². The van der Waals surface area contributed by atoms with Gasteiger partial charge in [-0.25, -0.2) is 0 Å². The minimum Gasteiger partial charge on any atom is -0.374 e. The molecule has 0 aliphatic rings. The van der Waals surface area contributed by atoms with Crippen LogP contribution < -0.4 is 0 Å². The summed E-state index contributed by atoms with van der Waals surface area (Å²) >= 11 is 1.59. The summed E-state index contributed by atoms with van der Waals surface area (Å²) in [6, 6.07) is 5.15. The van der Waals surface area contributed by atoms with Gasteiger partial charge in [-0.3, -0.25) is 0 Å². The second-order valence-corrected chi connectivity index (χ2v) is 7.18. The second kappa shape index (κ2) is 7.43. The van der Waals surface area contributed by atoms with Crippen molar-refractivity contribution in [1.29, 1.82) is 0 Å². The molecule has 0 spiro atoms. The number of rotatable bonds is 7. The third-order valence-corrected chi connectivity index (χ3v) is 5.00. The first-order valence-corrected chi connectivity index (χ1v) is 8.24. The summed E-state index contributed by atoms with van der Waals surface area (Å²) in [4.78, 5) is 0. The van der Waals surface area contributed by atoms with Crippen LogP contribution in [0.25, 0.3) is 0 Å². The van der Waals surface area contributed by atoms with Crippen LogP contribution in [0.15, 0.2) is 24.3 Å². The Morgan fingerprint density at radius 1 is 0.786 bits per heavy atom. The van der Waals surface area contributed by atoms with Gasteiger partial charge < -0.3 is 4.74 Å². The Bertz CT molecular complexity index is 701. The lowest BCUT2D eigenvalue weighted by atomic mass is 9.85. The van der Waals surface area contributed by atoms with E-state index in [1.165, 1.54) is 18.2 Å². The van der Waals surface area contributed by atoms with Gasteiger partial charge in [0.1, 0.15) is 0 Å². The lowest BCUT2D eigenvalue weighted by Crippen LogP contribution is -2.67. The van der Waals surface area contributed by atoms with Crippen molar-refractivity contribution in [3.8, 4) is 0 Å². The van der Waals surface area contributed by atoms with Crippen molar-refractivity contribution in [2.24, 2.45) is 0 Å². The third-order valence-electron chi connectivity index (χ3n) is 4.06. The van der Waals surface area contributed by atoms with Crippen molar-refractivity contribution in [3.05, 3.63) is 33.4 Å². The fraction of sp³-hybridized carbons (Fsp3) is 0.600. The number of hydrogen-bond acceptors (Lipinski definition) is 1. The number of halogens is 12. The quantitative estimate of drug-likeness (QED) is 0.276. The Morgan fingerprint density at radius 2 is 1.25 bits per heavy atom. The molecule has 0 saturated carbocycles. The van der Waals surface area contributed by atoms with E-state index in [0.717, 1.165) is 20.1 Å². The lowest BCUT2D eigenvalue weighted by molar-refractivity contribution is -0.424. The monoisotopic (exact) mass is 544 g/mol. The highest BCUT2D eigenvalue weighted by Gasteiger charge is 2.87. The Labute approximate surface area is 165 Å². The largest absolute Gasteiger partial charge is 0.460 e. The van der Waals surface area contributed by atoms with Gasteiger partial charge >= 0.3 is 29.9 Å². The molecule has 0 heterocycles. The van der Waals surface area contributed by atoms with Crippen molar-refractivity contribution in [3.63, 3.8) is 0 Å². The van der Waals surface area contributed by atoms with E-state index in [2.05, 4.69) is 0 Å². The highest BCUT2D eigenvalue weighted by molar-refractivity contribution is 14.1. The first-order chi connectivity index (χ1) is 12.3. The number of benzene rings is 1. The third kappa shape index (κ3) is 3.92. The first kappa shape index (κ1) is 25.2. The molecule has 0 N–H and O–H groups in total. The summed E-state index contributed by atoms with van der Waals surface area (Å²) in [5, 5.41) is 0. The van der Waals surface area contributed by atoms with Crippen LogP contribution >= 0.6 is 22.6 Å². The summed E-state index contributed by atoms with van der Waals surface area (Å²) < 4.78 is 150. The fourth-order valence-electron chi connectivity index (χ4n) is 2.31. The fourth-order valence-corrected chi connectivity index (χ4v) is 3.26. The summed E-state index contributed by atoms with van der Waals surface area (Å²) in [6.07, 6.45) is -9.48. The predicted molar refractivity (Wildman–Crippen MR) is 84.0 cm³/mol. The molecule has 162 valence electrons. The molecular formula is C15H12F11IO. The van der Waals surface area contributed by atoms with Crippen LogP contribution in [0, 0.1) is 3.57 Å². The van der Waals surface area contributed by atoms with Gasteiger partial charge in [-0.1, -0.05) is 18.2 Å². The van der Waals surface area contributed by atoms with Crippen LogP contribution in [0.4, 0.5) is 48.3 Å². The van der Waals surface area contributed by atoms with Crippen molar-refractivity contribution in [2.75, 3.05) is 7.11 Å². The normalized spacial score (nSPS) is 16.8. The zero-order valence-electron chi connectivity index (χ0n) is 14.0. The molecule has 0 aliphatic carbocycles. The maximum Gasteiger partial charge on any atom is 0.460 e. The molecule has 1 aromatic carbocycles. The summed E-state index contributed by atoms with van der Waals surface area (Å²) in [6.45, 7) is 0.786. The van der Waals surface area contributed by atoms with E-state index in [4.69, 9.17) is 4.74 Å². The number of methoxy groups -OCH3 is 1. The van der Waals surface area contributed by atoms with Crippen molar-refractivity contribution >= 4 is 22.6 Å².